The minimum Gasteiger partial charge on any atom is -0.480 e. The van der Waals surface area contributed by atoms with Gasteiger partial charge in [0.25, 0.3) is 0 Å². The highest BCUT2D eigenvalue weighted by atomic mass is 16.4. The second-order valence-corrected chi connectivity index (χ2v) is 5.05. The summed E-state index contributed by atoms with van der Waals surface area (Å²) in [6, 6.07) is 6.64. The third kappa shape index (κ3) is 2.23. The van der Waals surface area contributed by atoms with Crippen molar-refractivity contribution < 1.29 is 14.7 Å². The fourth-order valence-electron chi connectivity index (χ4n) is 2.34. The maximum atomic E-state index is 12.2. The van der Waals surface area contributed by atoms with Gasteiger partial charge in [-0.1, -0.05) is 32.0 Å². The molecule has 1 heterocycles. The summed E-state index contributed by atoms with van der Waals surface area (Å²) in [5.41, 5.74) is 1.68. The molecule has 4 nitrogen and oxygen atoms in total. The highest BCUT2D eigenvalue weighted by molar-refractivity contribution is 6.01. The number of amides is 1. The monoisotopic (exact) mass is 247 g/mol. The fraction of sp³-hybridized carbons (Fsp3) is 0.429. The van der Waals surface area contributed by atoms with Crippen molar-refractivity contribution >= 4 is 17.6 Å². The van der Waals surface area contributed by atoms with Crippen LogP contribution in [0.25, 0.3) is 0 Å². The first-order chi connectivity index (χ1) is 8.50. The summed E-state index contributed by atoms with van der Waals surface area (Å²) in [5.74, 6) is -0.828. The molecule has 18 heavy (non-hydrogen) atoms. The number of anilines is 1. The lowest BCUT2D eigenvalue weighted by molar-refractivity contribution is -0.140. The molecular formula is C14H17NO3. The number of carboxylic acids is 1. The van der Waals surface area contributed by atoms with Crippen molar-refractivity contribution in [2.45, 2.75) is 32.7 Å². The fourth-order valence-corrected chi connectivity index (χ4v) is 2.34. The van der Waals surface area contributed by atoms with Gasteiger partial charge in [-0.15, -0.1) is 0 Å². The predicted octanol–water partition coefficient (Wildman–Crippen LogP) is 2.08. The Bertz CT molecular complexity index is 482. The molecule has 1 amide bonds. The van der Waals surface area contributed by atoms with Gasteiger partial charge in [0, 0.05) is 18.5 Å². The number of fused-ring (bicyclic) bond motifs is 1. The van der Waals surface area contributed by atoms with Crippen molar-refractivity contribution in [3.8, 4) is 0 Å². The van der Waals surface area contributed by atoms with Crippen LogP contribution in [-0.4, -0.2) is 23.0 Å². The summed E-state index contributed by atoms with van der Waals surface area (Å²) in [7, 11) is 0. The molecule has 0 radical (unpaired) electrons. The number of benzene rings is 1. The summed E-state index contributed by atoms with van der Waals surface area (Å²) < 4.78 is 0. The Morgan fingerprint density at radius 3 is 2.67 bits per heavy atom. The average Bonchev–Trinajstić information content (AvgIpc) is 2.67. The molecule has 0 spiro atoms. The predicted molar refractivity (Wildman–Crippen MR) is 68.5 cm³/mol. The first-order valence-corrected chi connectivity index (χ1v) is 6.13. The zero-order valence-corrected chi connectivity index (χ0v) is 10.6. The molecule has 1 aliphatic heterocycles. The van der Waals surface area contributed by atoms with Gasteiger partial charge in [0.05, 0.1) is 0 Å². The van der Waals surface area contributed by atoms with E-state index in [1.165, 1.54) is 4.90 Å². The number of carbonyl (C=O) groups excluding carboxylic acids is 1. The van der Waals surface area contributed by atoms with Crippen molar-refractivity contribution in [1.29, 1.82) is 0 Å². The molecule has 2 rings (SSSR count). The Morgan fingerprint density at radius 2 is 2.06 bits per heavy atom. The number of hydrogen-bond donors (Lipinski definition) is 1. The van der Waals surface area contributed by atoms with Crippen molar-refractivity contribution in [3.05, 3.63) is 29.8 Å². The van der Waals surface area contributed by atoms with Crippen molar-refractivity contribution in [2.75, 3.05) is 4.90 Å². The van der Waals surface area contributed by atoms with Crippen LogP contribution in [0.5, 0.6) is 0 Å². The molecule has 0 bridgehead atoms. The van der Waals surface area contributed by atoms with Crippen LogP contribution in [0.15, 0.2) is 24.3 Å². The van der Waals surface area contributed by atoms with Gasteiger partial charge in [0.15, 0.2) is 0 Å². The zero-order valence-electron chi connectivity index (χ0n) is 10.6. The molecule has 4 heteroatoms. The van der Waals surface area contributed by atoms with Crippen LogP contribution in [0.2, 0.25) is 0 Å². The number of carboxylic acid groups (broad SMARTS) is 1. The maximum Gasteiger partial charge on any atom is 0.327 e. The van der Waals surface area contributed by atoms with Crippen molar-refractivity contribution in [3.63, 3.8) is 0 Å². The van der Waals surface area contributed by atoms with Gasteiger partial charge in [-0.2, -0.15) is 0 Å². The molecule has 0 saturated carbocycles. The molecule has 0 aromatic heterocycles. The second-order valence-electron chi connectivity index (χ2n) is 5.05. The number of rotatable bonds is 3. The average molecular weight is 247 g/mol. The lowest BCUT2D eigenvalue weighted by Gasteiger charge is -2.23. The first-order valence-electron chi connectivity index (χ1n) is 6.13. The lowest BCUT2D eigenvalue weighted by Crippen LogP contribution is -2.43. The Morgan fingerprint density at radius 1 is 1.39 bits per heavy atom. The number of para-hydroxylation sites is 1. The van der Waals surface area contributed by atoms with E-state index in [0.717, 1.165) is 11.3 Å². The van der Waals surface area contributed by atoms with Crippen molar-refractivity contribution in [2.24, 2.45) is 5.92 Å². The van der Waals surface area contributed by atoms with E-state index in [0.29, 0.717) is 12.8 Å². The van der Waals surface area contributed by atoms with E-state index in [9.17, 15) is 14.7 Å². The van der Waals surface area contributed by atoms with E-state index in [1.54, 1.807) is 0 Å². The second kappa shape index (κ2) is 4.80. The summed E-state index contributed by atoms with van der Waals surface area (Å²) in [5, 5.41) is 9.24. The summed E-state index contributed by atoms with van der Waals surface area (Å²) in [4.78, 5) is 24.9. The number of hydrogen-bond acceptors (Lipinski definition) is 2. The van der Waals surface area contributed by atoms with Crippen LogP contribution in [0.4, 0.5) is 5.69 Å². The zero-order chi connectivity index (χ0) is 13.3. The molecule has 96 valence electrons. The Labute approximate surface area is 106 Å². The summed E-state index contributed by atoms with van der Waals surface area (Å²) in [6.45, 7) is 3.91. The van der Waals surface area contributed by atoms with Crippen LogP contribution >= 0.6 is 0 Å². The standard InChI is InChI=1S/C14H17NO3/c1-9(2)7-13(16)15-11-6-4-3-5-10(11)8-12(15)14(17)18/h3-6,9,12H,7-8H2,1-2H3,(H,17,18). The van der Waals surface area contributed by atoms with Crippen LogP contribution in [-0.2, 0) is 16.0 Å². The molecule has 0 fully saturated rings. The van der Waals surface area contributed by atoms with Crippen LogP contribution in [0, 0.1) is 5.92 Å². The number of carbonyl (C=O) groups is 2. The molecule has 1 aliphatic rings. The van der Waals surface area contributed by atoms with Gasteiger partial charge in [-0.25, -0.2) is 4.79 Å². The molecule has 1 aromatic carbocycles. The van der Waals surface area contributed by atoms with E-state index >= 15 is 0 Å². The lowest BCUT2D eigenvalue weighted by atomic mass is 10.1. The third-order valence-corrected chi connectivity index (χ3v) is 3.11. The molecular weight excluding hydrogens is 230 g/mol. The van der Waals surface area contributed by atoms with E-state index in [2.05, 4.69) is 0 Å². The first kappa shape index (κ1) is 12.6. The minimum absolute atomic E-state index is 0.109. The number of aliphatic carboxylic acids is 1. The minimum atomic E-state index is -0.941. The molecule has 0 aliphatic carbocycles. The van der Waals surface area contributed by atoms with Crippen LogP contribution < -0.4 is 4.90 Å². The molecule has 1 atom stereocenters. The van der Waals surface area contributed by atoms with Crippen LogP contribution in [0.1, 0.15) is 25.8 Å². The van der Waals surface area contributed by atoms with E-state index < -0.39 is 12.0 Å². The van der Waals surface area contributed by atoms with E-state index in [1.807, 2.05) is 38.1 Å². The highest BCUT2D eigenvalue weighted by Crippen LogP contribution is 2.33. The molecule has 0 saturated heterocycles. The maximum absolute atomic E-state index is 12.2. The van der Waals surface area contributed by atoms with Gasteiger partial charge in [-0.3, -0.25) is 9.69 Å². The molecule has 1 aromatic rings. The quantitative estimate of drug-likeness (QED) is 0.889. The SMILES string of the molecule is CC(C)CC(=O)N1c2ccccc2CC1C(=O)O. The smallest absolute Gasteiger partial charge is 0.327 e. The van der Waals surface area contributed by atoms with E-state index in [4.69, 9.17) is 0 Å². The van der Waals surface area contributed by atoms with Gasteiger partial charge >= 0.3 is 5.97 Å². The Balaban J connectivity index is 2.34. The number of nitrogens with zero attached hydrogens (tertiary/aromatic N) is 1. The normalized spacial score (nSPS) is 17.9. The van der Waals surface area contributed by atoms with Crippen molar-refractivity contribution in [1.82, 2.24) is 0 Å². The van der Waals surface area contributed by atoms with Gasteiger partial charge in [-0.05, 0) is 17.5 Å². The molecule has 1 unspecified atom stereocenters. The highest BCUT2D eigenvalue weighted by Gasteiger charge is 2.37. The Hall–Kier alpha value is -1.84. The third-order valence-electron chi connectivity index (χ3n) is 3.11. The van der Waals surface area contributed by atoms with Gasteiger partial charge < -0.3 is 5.11 Å². The van der Waals surface area contributed by atoms with E-state index in [-0.39, 0.29) is 11.8 Å². The van der Waals surface area contributed by atoms with Gasteiger partial charge in [0.1, 0.15) is 6.04 Å². The largest absolute Gasteiger partial charge is 0.480 e. The Kier molecular flexibility index (Phi) is 3.36. The topological polar surface area (TPSA) is 57.6 Å². The summed E-state index contributed by atoms with van der Waals surface area (Å²) >= 11 is 0. The molecule has 1 N–H and O–H groups in total. The summed E-state index contributed by atoms with van der Waals surface area (Å²) in [6.07, 6.45) is 0.771. The van der Waals surface area contributed by atoms with Gasteiger partial charge in [0.2, 0.25) is 5.91 Å². The van der Waals surface area contributed by atoms with Crippen LogP contribution in [0.3, 0.4) is 0 Å².